The van der Waals surface area contributed by atoms with Crippen LogP contribution >= 0.6 is 0 Å². The van der Waals surface area contributed by atoms with Crippen LogP contribution in [0.1, 0.15) is 20.3 Å². The molecule has 0 bridgehead atoms. The third-order valence-corrected chi connectivity index (χ3v) is 4.89. The van der Waals surface area contributed by atoms with Crippen LogP contribution in [0.2, 0.25) is 0 Å². The van der Waals surface area contributed by atoms with Gasteiger partial charge >= 0.3 is 0 Å². The Bertz CT molecular complexity index is 601. The van der Waals surface area contributed by atoms with Gasteiger partial charge in [-0.3, -0.25) is 0 Å². The summed E-state index contributed by atoms with van der Waals surface area (Å²) in [5.41, 5.74) is 6.55. The van der Waals surface area contributed by atoms with Crippen LogP contribution in [0.4, 0.5) is 11.4 Å². The minimum absolute atomic E-state index is 0.0567. The summed E-state index contributed by atoms with van der Waals surface area (Å²) < 4.78 is 23.2. The SMILES string of the molecule is CC(C)N1CCC(CNc2ccc(N)cc2S(N)(=O)=O)C1. The van der Waals surface area contributed by atoms with E-state index in [4.69, 9.17) is 10.9 Å². The quantitative estimate of drug-likeness (QED) is 0.706. The topological polar surface area (TPSA) is 101 Å². The molecule has 5 N–H and O–H groups in total. The van der Waals surface area contributed by atoms with E-state index in [0.29, 0.717) is 23.3 Å². The number of likely N-dealkylation sites (tertiary alicyclic amines) is 1. The van der Waals surface area contributed by atoms with Gasteiger partial charge in [-0.1, -0.05) is 0 Å². The average molecular weight is 312 g/mol. The number of nitrogens with zero attached hydrogens (tertiary/aromatic N) is 1. The zero-order valence-corrected chi connectivity index (χ0v) is 13.4. The van der Waals surface area contributed by atoms with Gasteiger partial charge in [0, 0.05) is 24.8 Å². The molecule has 1 heterocycles. The van der Waals surface area contributed by atoms with Gasteiger partial charge in [-0.25, -0.2) is 13.6 Å². The van der Waals surface area contributed by atoms with E-state index in [9.17, 15) is 8.42 Å². The molecular weight excluding hydrogens is 288 g/mol. The van der Waals surface area contributed by atoms with Crippen molar-refractivity contribution in [3.8, 4) is 0 Å². The lowest BCUT2D eigenvalue weighted by atomic mass is 10.1. The number of rotatable bonds is 5. The molecule has 7 heteroatoms. The second-order valence-electron chi connectivity index (χ2n) is 5.92. The zero-order chi connectivity index (χ0) is 15.6. The van der Waals surface area contributed by atoms with E-state index < -0.39 is 10.0 Å². The lowest BCUT2D eigenvalue weighted by Gasteiger charge is -2.20. The maximum atomic E-state index is 11.6. The van der Waals surface area contributed by atoms with Crippen molar-refractivity contribution in [3.63, 3.8) is 0 Å². The normalized spacial score (nSPS) is 20.1. The molecule has 1 aromatic rings. The number of sulfonamides is 1. The number of nitrogens with two attached hydrogens (primary N) is 2. The van der Waals surface area contributed by atoms with E-state index in [1.54, 1.807) is 12.1 Å². The van der Waals surface area contributed by atoms with Crippen LogP contribution in [0.15, 0.2) is 23.1 Å². The maximum Gasteiger partial charge on any atom is 0.240 e. The molecule has 1 unspecified atom stereocenters. The summed E-state index contributed by atoms with van der Waals surface area (Å²) in [7, 11) is -3.78. The summed E-state index contributed by atoms with van der Waals surface area (Å²) in [5.74, 6) is 0.512. The Morgan fingerprint density at radius 3 is 2.71 bits per heavy atom. The van der Waals surface area contributed by atoms with Gasteiger partial charge in [0.1, 0.15) is 4.90 Å². The maximum absolute atomic E-state index is 11.6. The van der Waals surface area contributed by atoms with Crippen molar-refractivity contribution in [3.05, 3.63) is 18.2 Å². The van der Waals surface area contributed by atoms with Crippen molar-refractivity contribution >= 4 is 21.4 Å². The molecular formula is C14H24N4O2S. The van der Waals surface area contributed by atoms with E-state index in [1.807, 2.05) is 0 Å². The van der Waals surface area contributed by atoms with E-state index in [1.165, 1.54) is 6.07 Å². The number of nitrogen functional groups attached to an aromatic ring is 1. The second-order valence-corrected chi connectivity index (χ2v) is 7.45. The molecule has 0 amide bonds. The number of hydrogen-bond acceptors (Lipinski definition) is 5. The van der Waals surface area contributed by atoms with Crippen LogP contribution in [0.3, 0.4) is 0 Å². The summed E-state index contributed by atoms with van der Waals surface area (Å²) in [4.78, 5) is 2.48. The fourth-order valence-corrected chi connectivity index (χ4v) is 3.42. The van der Waals surface area contributed by atoms with Crippen LogP contribution in [-0.2, 0) is 10.0 Å². The van der Waals surface area contributed by atoms with Gasteiger partial charge in [0.2, 0.25) is 10.0 Å². The fourth-order valence-electron chi connectivity index (χ4n) is 2.67. The molecule has 21 heavy (non-hydrogen) atoms. The number of benzene rings is 1. The van der Waals surface area contributed by atoms with Gasteiger partial charge in [-0.05, 0) is 50.9 Å². The Kier molecular flexibility index (Phi) is 4.75. The highest BCUT2D eigenvalue weighted by atomic mass is 32.2. The predicted octanol–water partition coefficient (Wildman–Crippen LogP) is 1.06. The molecule has 0 saturated carbocycles. The van der Waals surface area contributed by atoms with Crippen molar-refractivity contribution in [2.24, 2.45) is 11.1 Å². The number of primary sulfonamides is 1. The second kappa shape index (κ2) is 6.21. The molecule has 1 fully saturated rings. The van der Waals surface area contributed by atoms with Crippen LogP contribution < -0.4 is 16.2 Å². The monoisotopic (exact) mass is 312 g/mol. The van der Waals surface area contributed by atoms with Crippen molar-refractivity contribution in [2.45, 2.75) is 31.2 Å². The van der Waals surface area contributed by atoms with E-state index in [0.717, 1.165) is 26.1 Å². The van der Waals surface area contributed by atoms with Crippen LogP contribution in [0, 0.1) is 5.92 Å². The van der Waals surface area contributed by atoms with Gasteiger partial charge < -0.3 is 16.0 Å². The smallest absolute Gasteiger partial charge is 0.240 e. The molecule has 0 spiro atoms. The molecule has 1 saturated heterocycles. The Hall–Kier alpha value is -1.31. The van der Waals surface area contributed by atoms with Crippen molar-refractivity contribution in [2.75, 3.05) is 30.7 Å². The lowest BCUT2D eigenvalue weighted by Crippen LogP contribution is -2.29. The standard InChI is InChI=1S/C14H24N4O2S/c1-10(2)18-6-5-11(9-18)8-17-13-4-3-12(15)7-14(13)21(16,19)20/h3-4,7,10-11,17H,5-6,8-9,15H2,1-2H3,(H2,16,19,20). The molecule has 2 rings (SSSR count). The highest BCUT2D eigenvalue weighted by molar-refractivity contribution is 7.89. The van der Waals surface area contributed by atoms with Gasteiger partial charge in [0.15, 0.2) is 0 Å². The Labute approximate surface area is 126 Å². The van der Waals surface area contributed by atoms with Crippen molar-refractivity contribution in [1.82, 2.24) is 4.90 Å². The zero-order valence-electron chi connectivity index (χ0n) is 12.5. The van der Waals surface area contributed by atoms with Gasteiger partial charge in [-0.15, -0.1) is 0 Å². The molecule has 0 aromatic heterocycles. The van der Waals surface area contributed by atoms with Crippen LogP contribution in [-0.4, -0.2) is 39.0 Å². The first kappa shape index (κ1) is 16.1. The molecule has 1 aliphatic heterocycles. The summed E-state index contributed by atoms with van der Waals surface area (Å²) in [5, 5.41) is 8.45. The molecule has 6 nitrogen and oxygen atoms in total. The summed E-state index contributed by atoms with van der Waals surface area (Å²) in [6.07, 6.45) is 1.12. The lowest BCUT2D eigenvalue weighted by molar-refractivity contribution is 0.266. The predicted molar refractivity (Wildman–Crippen MR) is 85.5 cm³/mol. The Morgan fingerprint density at radius 2 is 2.14 bits per heavy atom. The first-order valence-electron chi connectivity index (χ1n) is 7.17. The number of hydrogen-bond donors (Lipinski definition) is 3. The molecule has 1 atom stereocenters. The van der Waals surface area contributed by atoms with Gasteiger partial charge in [-0.2, -0.15) is 0 Å². The van der Waals surface area contributed by atoms with Crippen LogP contribution in [0.25, 0.3) is 0 Å². The van der Waals surface area contributed by atoms with Gasteiger partial charge in [0.25, 0.3) is 0 Å². The summed E-state index contributed by atoms with van der Waals surface area (Å²) in [6, 6.07) is 5.29. The molecule has 1 aromatic carbocycles. The third-order valence-electron chi connectivity index (χ3n) is 3.94. The Morgan fingerprint density at radius 1 is 1.43 bits per heavy atom. The summed E-state index contributed by atoms with van der Waals surface area (Å²) in [6.45, 7) is 7.23. The molecule has 118 valence electrons. The fraction of sp³-hybridized carbons (Fsp3) is 0.571. The largest absolute Gasteiger partial charge is 0.399 e. The molecule has 1 aliphatic rings. The van der Waals surface area contributed by atoms with E-state index >= 15 is 0 Å². The first-order chi connectivity index (χ1) is 9.77. The van der Waals surface area contributed by atoms with Crippen molar-refractivity contribution < 1.29 is 8.42 Å². The first-order valence-corrected chi connectivity index (χ1v) is 8.72. The highest BCUT2D eigenvalue weighted by Crippen LogP contribution is 2.25. The van der Waals surface area contributed by atoms with Crippen LogP contribution in [0.5, 0.6) is 0 Å². The molecule has 0 radical (unpaired) electrons. The van der Waals surface area contributed by atoms with E-state index in [-0.39, 0.29) is 4.90 Å². The average Bonchev–Trinajstić information content (AvgIpc) is 2.85. The number of anilines is 2. The molecule has 0 aliphatic carbocycles. The third kappa shape index (κ3) is 4.09. The Balaban J connectivity index is 2.05. The summed E-state index contributed by atoms with van der Waals surface area (Å²) >= 11 is 0. The highest BCUT2D eigenvalue weighted by Gasteiger charge is 2.24. The minimum Gasteiger partial charge on any atom is -0.399 e. The van der Waals surface area contributed by atoms with Crippen molar-refractivity contribution in [1.29, 1.82) is 0 Å². The number of nitrogens with one attached hydrogen (secondary N) is 1. The minimum atomic E-state index is -3.78. The van der Waals surface area contributed by atoms with E-state index in [2.05, 4.69) is 24.1 Å². The van der Waals surface area contributed by atoms with Gasteiger partial charge in [0.05, 0.1) is 5.69 Å².